The maximum atomic E-state index is 6.19. The van der Waals surface area contributed by atoms with Crippen molar-refractivity contribution in [3.63, 3.8) is 0 Å². The third kappa shape index (κ3) is 3.39. The molecule has 1 saturated carbocycles. The Hall–Kier alpha value is -1.22. The first kappa shape index (κ1) is 13.2. The average Bonchev–Trinajstić information content (AvgIpc) is 2.92. The lowest BCUT2D eigenvalue weighted by atomic mass is 10.00. The first-order chi connectivity index (χ1) is 8.81. The third-order valence-corrected chi connectivity index (χ3v) is 3.59. The van der Waals surface area contributed by atoms with Gasteiger partial charge < -0.3 is 15.2 Å². The molecule has 1 unspecified atom stereocenters. The molecule has 3 nitrogen and oxygen atoms in total. The Morgan fingerprint density at radius 3 is 2.39 bits per heavy atom. The van der Waals surface area contributed by atoms with Gasteiger partial charge in [-0.25, -0.2) is 0 Å². The van der Waals surface area contributed by atoms with Crippen LogP contribution in [0.1, 0.15) is 32.6 Å². The monoisotopic (exact) mass is 249 g/mol. The lowest BCUT2D eigenvalue weighted by Crippen LogP contribution is -2.34. The molecule has 3 heteroatoms. The molecular formula is C15H23NO2. The van der Waals surface area contributed by atoms with Crippen LogP contribution in [0.5, 0.6) is 11.5 Å². The molecule has 2 rings (SSSR count). The van der Waals surface area contributed by atoms with Gasteiger partial charge in [-0.1, -0.05) is 25.0 Å². The predicted octanol–water partition coefficient (Wildman–Crippen LogP) is 2.98. The molecule has 100 valence electrons. The number of hydrogen-bond acceptors (Lipinski definition) is 3. The zero-order valence-electron chi connectivity index (χ0n) is 11.1. The summed E-state index contributed by atoms with van der Waals surface area (Å²) in [5, 5.41) is 0. The van der Waals surface area contributed by atoms with Gasteiger partial charge in [0.15, 0.2) is 11.5 Å². The van der Waals surface area contributed by atoms with E-state index >= 15 is 0 Å². The summed E-state index contributed by atoms with van der Waals surface area (Å²) in [5.41, 5.74) is 6.19. The van der Waals surface area contributed by atoms with Crippen molar-refractivity contribution in [2.45, 2.75) is 38.6 Å². The summed E-state index contributed by atoms with van der Waals surface area (Å²) in [4.78, 5) is 0. The van der Waals surface area contributed by atoms with Crippen LogP contribution in [0.3, 0.4) is 0 Å². The molecule has 0 radical (unpaired) electrons. The van der Waals surface area contributed by atoms with E-state index in [1.807, 2.05) is 31.2 Å². The number of rotatable bonds is 6. The highest BCUT2D eigenvalue weighted by Gasteiger charge is 2.22. The van der Waals surface area contributed by atoms with E-state index in [2.05, 4.69) is 0 Å². The highest BCUT2D eigenvalue weighted by molar-refractivity contribution is 5.39. The van der Waals surface area contributed by atoms with Crippen molar-refractivity contribution < 1.29 is 9.47 Å². The summed E-state index contributed by atoms with van der Waals surface area (Å²) in [6.07, 6.45) is 5.12. The van der Waals surface area contributed by atoms with E-state index in [1.165, 1.54) is 25.7 Å². The van der Waals surface area contributed by atoms with Gasteiger partial charge >= 0.3 is 0 Å². The fourth-order valence-corrected chi connectivity index (χ4v) is 2.55. The van der Waals surface area contributed by atoms with Crippen LogP contribution in [0, 0.1) is 5.92 Å². The average molecular weight is 249 g/mol. The highest BCUT2D eigenvalue weighted by atomic mass is 16.5. The van der Waals surface area contributed by atoms with E-state index in [9.17, 15) is 0 Å². The SMILES string of the molecule is CCOc1ccccc1OCC(N)C1CCCC1. The van der Waals surface area contributed by atoms with E-state index in [0.29, 0.717) is 19.1 Å². The molecule has 0 bridgehead atoms. The second-order valence-corrected chi connectivity index (χ2v) is 4.90. The summed E-state index contributed by atoms with van der Waals surface area (Å²) < 4.78 is 11.3. The van der Waals surface area contributed by atoms with Crippen molar-refractivity contribution in [3.05, 3.63) is 24.3 Å². The van der Waals surface area contributed by atoms with Gasteiger partial charge in [-0.2, -0.15) is 0 Å². The first-order valence-electron chi connectivity index (χ1n) is 6.91. The molecule has 0 spiro atoms. The van der Waals surface area contributed by atoms with Crippen LogP contribution < -0.4 is 15.2 Å². The Kier molecular flexibility index (Phi) is 4.88. The Bertz CT molecular complexity index is 361. The Labute approximate surface area is 109 Å². The standard InChI is InChI=1S/C15H23NO2/c1-2-17-14-9-5-6-10-15(14)18-11-13(16)12-7-3-4-8-12/h5-6,9-10,12-13H,2-4,7-8,11,16H2,1H3. The van der Waals surface area contributed by atoms with E-state index < -0.39 is 0 Å². The van der Waals surface area contributed by atoms with Gasteiger partial charge in [0.25, 0.3) is 0 Å². The fraction of sp³-hybridized carbons (Fsp3) is 0.600. The van der Waals surface area contributed by atoms with E-state index in [4.69, 9.17) is 15.2 Å². The Balaban J connectivity index is 1.88. The quantitative estimate of drug-likeness (QED) is 0.843. The topological polar surface area (TPSA) is 44.5 Å². The summed E-state index contributed by atoms with van der Waals surface area (Å²) >= 11 is 0. The lowest BCUT2D eigenvalue weighted by molar-refractivity contribution is 0.232. The summed E-state index contributed by atoms with van der Waals surface area (Å²) in [5.74, 6) is 2.23. The van der Waals surface area contributed by atoms with Crippen molar-refractivity contribution >= 4 is 0 Å². The van der Waals surface area contributed by atoms with Gasteiger partial charge in [-0.05, 0) is 37.8 Å². The highest BCUT2D eigenvalue weighted by Crippen LogP contribution is 2.29. The van der Waals surface area contributed by atoms with E-state index in [1.54, 1.807) is 0 Å². The third-order valence-electron chi connectivity index (χ3n) is 3.59. The van der Waals surface area contributed by atoms with Crippen LogP contribution in [0.25, 0.3) is 0 Å². The van der Waals surface area contributed by atoms with Crippen molar-refractivity contribution in [1.82, 2.24) is 0 Å². The fourth-order valence-electron chi connectivity index (χ4n) is 2.55. The minimum atomic E-state index is 0.141. The molecule has 1 aromatic rings. The number of nitrogens with two attached hydrogens (primary N) is 1. The van der Waals surface area contributed by atoms with Crippen LogP contribution in [0.2, 0.25) is 0 Å². The number of para-hydroxylation sites is 2. The van der Waals surface area contributed by atoms with Gasteiger partial charge in [-0.3, -0.25) is 0 Å². The van der Waals surface area contributed by atoms with Crippen molar-refractivity contribution in [2.24, 2.45) is 11.7 Å². The maximum Gasteiger partial charge on any atom is 0.161 e. The molecule has 1 aromatic carbocycles. The molecular weight excluding hydrogens is 226 g/mol. The van der Waals surface area contributed by atoms with Crippen molar-refractivity contribution in [2.75, 3.05) is 13.2 Å². The molecule has 1 aliphatic rings. The molecule has 1 atom stereocenters. The zero-order chi connectivity index (χ0) is 12.8. The summed E-state index contributed by atoms with van der Waals surface area (Å²) in [6, 6.07) is 7.92. The van der Waals surface area contributed by atoms with Gasteiger partial charge in [0.1, 0.15) is 6.61 Å². The largest absolute Gasteiger partial charge is 0.490 e. The molecule has 0 amide bonds. The second-order valence-electron chi connectivity index (χ2n) is 4.90. The van der Waals surface area contributed by atoms with Crippen molar-refractivity contribution in [1.29, 1.82) is 0 Å². The normalized spacial score (nSPS) is 17.7. The molecule has 1 fully saturated rings. The Morgan fingerprint density at radius 1 is 1.17 bits per heavy atom. The van der Waals surface area contributed by atoms with Crippen LogP contribution >= 0.6 is 0 Å². The molecule has 0 heterocycles. The van der Waals surface area contributed by atoms with Crippen LogP contribution in [0.15, 0.2) is 24.3 Å². The molecule has 1 aliphatic carbocycles. The van der Waals surface area contributed by atoms with E-state index in [0.717, 1.165) is 11.5 Å². The number of benzene rings is 1. The molecule has 2 N–H and O–H groups in total. The minimum absolute atomic E-state index is 0.141. The van der Waals surface area contributed by atoms with Crippen LogP contribution in [-0.2, 0) is 0 Å². The van der Waals surface area contributed by atoms with Gasteiger partial charge in [0, 0.05) is 6.04 Å². The molecule has 0 aliphatic heterocycles. The molecule has 0 aromatic heterocycles. The van der Waals surface area contributed by atoms with Crippen LogP contribution in [-0.4, -0.2) is 19.3 Å². The Morgan fingerprint density at radius 2 is 1.78 bits per heavy atom. The lowest BCUT2D eigenvalue weighted by Gasteiger charge is -2.20. The predicted molar refractivity (Wildman–Crippen MR) is 73.0 cm³/mol. The summed E-state index contributed by atoms with van der Waals surface area (Å²) in [6.45, 7) is 3.20. The maximum absolute atomic E-state index is 6.19. The van der Waals surface area contributed by atoms with Crippen LogP contribution in [0.4, 0.5) is 0 Å². The van der Waals surface area contributed by atoms with Crippen molar-refractivity contribution in [3.8, 4) is 11.5 Å². The smallest absolute Gasteiger partial charge is 0.161 e. The molecule has 18 heavy (non-hydrogen) atoms. The summed E-state index contributed by atoms with van der Waals surface area (Å²) in [7, 11) is 0. The number of ether oxygens (including phenoxy) is 2. The van der Waals surface area contributed by atoms with Gasteiger partial charge in [-0.15, -0.1) is 0 Å². The molecule has 0 saturated heterocycles. The zero-order valence-corrected chi connectivity index (χ0v) is 11.1. The second kappa shape index (κ2) is 6.64. The van der Waals surface area contributed by atoms with Gasteiger partial charge in [0.05, 0.1) is 6.61 Å². The van der Waals surface area contributed by atoms with Gasteiger partial charge in [0.2, 0.25) is 0 Å². The van der Waals surface area contributed by atoms with E-state index in [-0.39, 0.29) is 6.04 Å². The minimum Gasteiger partial charge on any atom is -0.490 e. The number of hydrogen-bond donors (Lipinski definition) is 1. The first-order valence-corrected chi connectivity index (χ1v) is 6.91.